The van der Waals surface area contributed by atoms with Crippen LogP contribution in [0.5, 0.6) is 0 Å². The number of carbonyl (C=O) groups is 1. The molecule has 1 aromatic rings. The number of aryl methyl sites for hydroxylation is 1. The molecule has 84 valence electrons. The number of hydrogen-bond donors (Lipinski definition) is 1. The van der Waals surface area contributed by atoms with Gasteiger partial charge in [-0.05, 0) is 0 Å². The molecule has 0 aromatic carbocycles. The standard InChI is InChI=1S/C9H14BrN3O2/c1-13-6-7(4-12-13)3-11-5-8(10)9(14)15-2/h4,6,8,11H,3,5H2,1-2H3. The summed E-state index contributed by atoms with van der Waals surface area (Å²) in [5.41, 5.74) is 1.09. The zero-order valence-electron chi connectivity index (χ0n) is 8.74. The lowest BCUT2D eigenvalue weighted by atomic mass is 10.3. The van der Waals surface area contributed by atoms with Crippen molar-refractivity contribution >= 4 is 21.9 Å². The highest BCUT2D eigenvalue weighted by Crippen LogP contribution is 2.01. The second-order valence-corrected chi connectivity index (χ2v) is 4.25. The lowest BCUT2D eigenvalue weighted by Gasteiger charge is -2.07. The average Bonchev–Trinajstić information content (AvgIpc) is 2.63. The summed E-state index contributed by atoms with van der Waals surface area (Å²) < 4.78 is 6.32. The zero-order chi connectivity index (χ0) is 11.3. The lowest BCUT2D eigenvalue weighted by molar-refractivity contribution is -0.139. The first kappa shape index (κ1) is 12.2. The molecule has 0 spiro atoms. The molecule has 1 unspecified atom stereocenters. The molecule has 1 aromatic heterocycles. The van der Waals surface area contributed by atoms with Crippen molar-refractivity contribution in [2.24, 2.45) is 7.05 Å². The number of aromatic nitrogens is 2. The van der Waals surface area contributed by atoms with E-state index in [4.69, 9.17) is 0 Å². The Hall–Kier alpha value is -0.880. The van der Waals surface area contributed by atoms with Gasteiger partial charge >= 0.3 is 5.97 Å². The molecule has 0 saturated heterocycles. The van der Waals surface area contributed by atoms with E-state index in [0.717, 1.165) is 5.56 Å². The molecular weight excluding hydrogens is 262 g/mol. The number of alkyl halides is 1. The summed E-state index contributed by atoms with van der Waals surface area (Å²) in [6, 6.07) is 0. The fourth-order valence-corrected chi connectivity index (χ4v) is 1.53. The van der Waals surface area contributed by atoms with E-state index in [-0.39, 0.29) is 10.8 Å². The normalized spacial score (nSPS) is 12.5. The molecule has 6 heteroatoms. The predicted molar refractivity (Wildman–Crippen MR) is 59.6 cm³/mol. The van der Waals surface area contributed by atoms with Crippen LogP contribution in [0.2, 0.25) is 0 Å². The van der Waals surface area contributed by atoms with E-state index in [9.17, 15) is 4.79 Å². The number of rotatable bonds is 5. The van der Waals surface area contributed by atoms with Crippen molar-refractivity contribution in [1.29, 1.82) is 0 Å². The number of nitrogens with zero attached hydrogens (tertiary/aromatic N) is 2. The van der Waals surface area contributed by atoms with Gasteiger partial charge in [0.15, 0.2) is 0 Å². The van der Waals surface area contributed by atoms with Crippen molar-refractivity contribution < 1.29 is 9.53 Å². The summed E-state index contributed by atoms with van der Waals surface area (Å²) >= 11 is 3.22. The van der Waals surface area contributed by atoms with Crippen molar-refractivity contribution in [3.63, 3.8) is 0 Å². The van der Waals surface area contributed by atoms with Gasteiger partial charge in [-0.15, -0.1) is 0 Å². The maximum Gasteiger partial charge on any atom is 0.320 e. The maximum atomic E-state index is 11.0. The van der Waals surface area contributed by atoms with Crippen molar-refractivity contribution in [2.75, 3.05) is 13.7 Å². The van der Waals surface area contributed by atoms with Crippen LogP contribution in [-0.4, -0.2) is 34.2 Å². The van der Waals surface area contributed by atoms with Gasteiger partial charge in [0.25, 0.3) is 0 Å². The van der Waals surface area contributed by atoms with Gasteiger partial charge in [0.1, 0.15) is 4.83 Å². The van der Waals surface area contributed by atoms with Crippen molar-refractivity contribution in [1.82, 2.24) is 15.1 Å². The largest absolute Gasteiger partial charge is 0.468 e. The molecule has 0 radical (unpaired) electrons. The third-order valence-corrected chi connectivity index (χ3v) is 2.57. The number of ether oxygens (including phenoxy) is 1. The number of nitrogens with one attached hydrogen (secondary N) is 1. The fourth-order valence-electron chi connectivity index (χ4n) is 1.12. The Morgan fingerprint density at radius 3 is 3.07 bits per heavy atom. The van der Waals surface area contributed by atoms with E-state index in [1.807, 2.05) is 13.2 Å². The van der Waals surface area contributed by atoms with Crippen LogP contribution in [0.1, 0.15) is 5.56 Å². The molecule has 1 atom stereocenters. The third-order valence-electron chi connectivity index (χ3n) is 1.87. The van der Waals surface area contributed by atoms with Gasteiger partial charge in [-0.3, -0.25) is 9.48 Å². The third kappa shape index (κ3) is 4.01. The van der Waals surface area contributed by atoms with Crippen LogP contribution in [-0.2, 0) is 23.1 Å². The van der Waals surface area contributed by atoms with Crippen LogP contribution >= 0.6 is 15.9 Å². The Morgan fingerprint density at radius 1 is 1.80 bits per heavy atom. The van der Waals surface area contributed by atoms with Crippen LogP contribution in [0.4, 0.5) is 0 Å². The first-order chi connectivity index (χ1) is 7.13. The van der Waals surface area contributed by atoms with E-state index in [2.05, 4.69) is 31.1 Å². The predicted octanol–water partition coefficient (Wildman–Crippen LogP) is 0.446. The molecule has 0 aliphatic heterocycles. The lowest BCUT2D eigenvalue weighted by Crippen LogP contribution is -2.29. The number of carbonyl (C=O) groups excluding carboxylic acids is 1. The van der Waals surface area contributed by atoms with Crippen molar-refractivity contribution in [3.8, 4) is 0 Å². The molecule has 1 heterocycles. The van der Waals surface area contributed by atoms with Gasteiger partial charge in [-0.25, -0.2) is 0 Å². The topological polar surface area (TPSA) is 56.1 Å². The molecule has 1 rings (SSSR count). The Kier molecular flexibility index (Phi) is 4.77. The van der Waals surface area contributed by atoms with Crippen LogP contribution in [0.25, 0.3) is 0 Å². The van der Waals surface area contributed by atoms with E-state index in [0.29, 0.717) is 13.1 Å². The molecule has 0 fully saturated rings. The van der Waals surface area contributed by atoms with E-state index in [1.165, 1.54) is 7.11 Å². The summed E-state index contributed by atoms with van der Waals surface area (Å²) in [6.45, 7) is 1.22. The van der Waals surface area contributed by atoms with E-state index < -0.39 is 0 Å². The maximum absolute atomic E-state index is 11.0. The molecule has 0 saturated carbocycles. The molecule has 0 aliphatic carbocycles. The number of esters is 1. The molecule has 15 heavy (non-hydrogen) atoms. The fraction of sp³-hybridized carbons (Fsp3) is 0.556. The Morgan fingerprint density at radius 2 is 2.53 bits per heavy atom. The average molecular weight is 276 g/mol. The second kappa shape index (κ2) is 5.87. The quantitative estimate of drug-likeness (QED) is 0.626. The molecule has 0 bridgehead atoms. The van der Waals surface area contributed by atoms with Crippen molar-refractivity contribution in [3.05, 3.63) is 18.0 Å². The van der Waals surface area contributed by atoms with Gasteiger partial charge < -0.3 is 10.1 Å². The molecule has 0 aliphatic rings. The van der Waals surface area contributed by atoms with Gasteiger partial charge in [-0.1, -0.05) is 15.9 Å². The molecule has 0 amide bonds. The second-order valence-electron chi connectivity index (χ2n) is 3.14. The van der Waals surface area contributed by atoms with Gasteiger partial charge in [-0.2, -0.15) is 5.10 Å². The Balaban J connectivity index is 2.24. The summed E-state index contributed by atoms with van der Waals surface area (Å²) in [4.78, 5) is 10.7. The first-order valence-electron chi connectivity index (χ1n) is 4.53. The SMILES string of the molecule is COC(=O)C(Br)CNCc1cnn(C)c1. The summed E-state index contributed by atoms with van der Waals surface area (Å²) in [6.07, 6.45) is 3.71. The minimum Gasteiger partial charge on any atom is -0.468 e. The minimum atomic E-state index is -0.306. The number of halogens is 1. The minimum absolute atomic E-state index is 0.270. The van der Waals surface area contributed by atoms with Gasteiger partial charge in [0, 0.05) is 31.9 Å². The monoisotopic (exact) mass is 275 g/mol. The van der Waals surface area contributed by atoms with Crippen molar-refractivity contribution in [2.45, 2.75) is 11.4 Å². The summed E-state index contributed by atoms with van der Waals surface area (Å²) in [5.74, 6) is -0.270. The van der Waals surface area contributed by atoms with Gasteiger partial charge in [0.05, 0.1) is 13.3 Å². The van der Waals surface area contributed by atoms with Crippen LogP contribution < -0.4 is 5.32 Å². The zero-order valence-corrected chi connectivity index (χ0v) is 10.3. The van der Waals surface area contributed by atoms with Gasteiger partial charge in [0.2, 0.25) is 0 Å². The Bertz CT molecular complexity index is 327. The highest BCUT2D eigenvalue weighted by atomic mass is 79.9. The van der Waals surface area contributed by atoms with E-state index >= 15 is 0 Å². The van der Waals surface area contributed by atoms with Crippen LogP contribution in [0.3, 0.4) is 0 Å². The summed E-state index contributed by atoms with van der Waals surface area (Å²) in [7, 11) is 3.24. The highest BCUT2D eigenvalue weighted by Gasteiger charge is 2.13. The molecule has 1 N–H and O–H groups in total. The molecular formula is C9H14BrN3O2. The number of methoxy groups -OCH3 is 1. The number of hydrogen-bond acceptors (Lipinski definition) is 4. The Labute approximate surface area is 96.9 Å². The smallest absolute Gasteiger partial charge is 0.320 e. The van der Waals surface area contributed by atoms with E-state index in [1.54, 1.807) is 10.9 Å². The van der Waals surface area contributed by atoms with Crippen LogP contribution in [0, 0.1) is 0 Å². The highest BCUT2D eigenvalue weighted by molar-refractivity contribution is 9.10. The van der Waals surface area contributed by atoms with Crippen LogP contribution in [0.15, 0.2) is 12.4 Å². The summed E-state index contributed by atoms with van der Waals surface area (Å²) in [5, 5.41) is 7.17. The first-order valence-corrected chi connectivity index (χ1v) is 5.45. The molecule has 5 nitrogen and oxygen atoms in total.